The van der Waals surface area contributed by atoms with Gasteiger partial charge in [0.2, 0.25) is 5.88 Å². The standard InChI is InChI=1S/C15H16BrNO/c1-3-11(2)12-4-7-14(8-5-12)18-15-9-6-13(16)10-17-15/h4-11H,3H2,1-2H3. The number of benzene rings is 1. The Balaban J connectivity index is 2.08. The minimum atomic E-state index is 0.588. The van der Waals surface area contributed by atoms with Crippen LogP contribution in [0.1, 0.15) is 31.7 Å². The van der Waals surface area contributed by atoms with Crippen LogP contribution in [0.15, 0.2) is 47.1 Å². The van der Waals surface area contributed by atoms with E-state index in [1.54, 1.807) is 6.20 Å². The average Bonchev–Trinajstić information content (AvgIpc) is 2.41. The van der Waals surface area contributed by atoms with Crippen LogP contribution in [0.3, 0.4) is 0 Å². The second kappa shape index (κ2) is 6.01. The molecule has 1 heterocycles. The van der Waals surface area contributed by atoms with Crippen molar-refractivity contribution in [2.24, 2.45) is 0 Å². The van der Waals surface area contributed by atoms with E-state index in [-0.39, 0.29) is 0 Å². The van der Waals surface area contributed by atoms with Crippen LogP contribution < -0.4 is 4.74 Å². The Labute approximate surface area is 116 Å². The van der Waals surface area contributed by atoms with Crippen LogP contribution in [0.5, 0.6) is 11.6 Å². The molecule has 0 fully saturated rings. The molecule has 0 bridgehead atoms. The first-order chi connectivity index (χ1) is 8.69. The molecule has 94 valence electrons. The Morgan fingerprint density at radius 3 is 2.44 bits per heavy atom. The van der Waals surface area contributed by atoms with Crippen LogP contribution in [0.25, 0.3) is 0 Å². The van der Waals surface area contributed by atoms with Crippen LogP contribution in [-0.2, 0) is 0 Å². The molecule has 0 amide bonds. The number of hydrogen-bond donors (Lipinski definition) is 0. The summed E-state index contributed by atoms with van der Waals surface area (Å²) in [5.41, 5.74) is 1.34. The topological polar surface area (TPSA) is 22.1 Å². The van der Waals surface area contributed by atoms with Crippen molar-refractivity contribution in [2.75, 3.05) is 0 Å². The van der Waals surface area contributed by atoms with Gasteiger partial charge in [0.1, 0.15) is 5.75 Å². The van der Waals surface area contributed by atoms with Crippen LogP contribution in [-0.4, -0.2) is 4.98 Å². The molecule has 0 radical (unpaired) electrons. The van der Waals surface area contributed by atoms with Crippen molar-refractivity contribution in [3.8, 4) is 11.6 Å². The summed E-state index contributed by atoms with van der Waals surface area (Å²) in [5.74, 6) is 2.01. The highest BCUT2D eigenvalue weighted by atomic mass is 79.9. The molecular weight excluding hydrogens is 290 g/mol. The van der Waals surface area contributed by atoms with Crippen molar-refractivity contribution in [1.29, 1.82) is 0 Å². The Kier molecular flexibility index (Phi) is 4.37. The maximum atomic E-state index is 5.67. The van der Waals surface area contributed by atoms with E-state index in [0.29, 0.717) is 11.8 Å². The van der Waals surface area contributed by atoms with Gasteiger partial charge in [-0.05, 0) is 52.0 Å². The largest absolute Gasteiger partial charge is 0.439 e. The molecule has 0 aliphatic carbocycles. The lowest BCUT2D eigenvalue weighted by atomic mass is 9.99. The van der Waals surface area contributed by atoms with E-state index >= 15 is 0 Å². The van der Waals surface area contributed by atoms with Gasteiger partial charge in [-0.25, -0.2) is 4.98 Å². The summed E-state index contributed by atoms with van der Waals surface area (Å²) < 4.78 is 6.62. The molecule has 1 atom stereocenters. The summed E-state index contributed by atoms with van der Waals surface area (Å²) in [4.78, 5) is 4.18. The minimum Gasteiger partial charge on any atom is -0.439 e. The Morgan fingerprint density at radius 1 is 1.17 bits per heavy atom. The highest BCUT2D eigenvalue weighted by Crippen LogP contribution is 2.24. The van der Waals surface area contributed by atoms with Crippen molar-refractivity contribution in [3.05, 3.63) is 52.6 Å². The first-order valence-electron chi connectivity index (χ1n) is 6.08. The fourth-order valence-corrected chi connectivity index (χ4v) is 1.88. The lowest BCUT2D eigenvalue weighted by Crippen LogP contribution is -1.92. The fraction of sp³-hybridized carbons (Fsp3) is 0.267. The molecule has 0 saturated carbocycles. The maximum Gasteiger partial charge on any atom is 0.219 e. The van der Waals surface area contributed by atoms with Gasteiger partial charge in [-0.1, -0.05) is 26.0 Å². The van der Waals surface area contributed by atoms with E-state index in [0.717, 1.165) is 16.6 Å². The van der Waals surface area contributed by atoms with E-state index < -0.39 is 0 Å². The molecule has 0 N–H and O–H groups in total. The zero-order valence-electron chi connectivity index (χ0n) is 10.6. The molecule has 2 aromatic rings. The number of ether oxygens (including phenoxy) is 1. The zero-order chi connectivity index (χ0) is 13.0. The molecule has 2 rings (SSSR count). The van der Waals surface area contributed by atoms with Crippen molar-refractivity contribution in [3.63, 3.8) is 0 Å². The summed E-state index contributed by atoms with van der Waals surface area (Å²) in [7, 11) is 0. The normalized spacial score (nSPS) is 12.2. The first kappa shape index (κ1) is 13.1. The summed E-state index contributed by atoms with van der Waals surface area (Å²) in [5, 5.41) is 0. The molecule has 0 aliphatic heterocycles. The number of aromatic nitrogens is 1. The number of rotatable bonds is 4. The monoisotopic (exact) mass is 305 g/mol. The van der Waals surface area contributed by atoms with E-state index in [1.807, 2.05) is 24.3 Å². The maximum absolute atomic E-state index is 5.67. The SMILES string of the molecule is CCC(C)c1ccc(Oc2ccc(Br)cn2)cc1. The van der Waals surface area contributed by atoms with Crippen molar-refractivity contribution >= 4 is 15.9 Å². The summed E-state index contributed by atoms with van der Waals surface area (Å²) in [6, 6.07) is 12.0. The third kappa shape index (κ3) is 3.33. The van der Waals surface area contributed by atoms with Gasteiger partial charge in [-0.15, -0.1) is 0 Å². The molecule has 3 heteroatoms. The Bertz CT molecular complexity index is 493. The molecule has 0 aliphatic rings. The molecule has 1 aromatic carbocycles. The summed E-state index contributed by atoms with van der Waals surface area (Å²) in [6.07, 6.45) is 2.87. The van der Waals surface area contributed by atoms with Gasteiger partial charge >= 0.3 is 0 Å². The molecule has 1 aromatic heterocycles. The van der Waals surface area contributed by atoms with Gasteiger partial charge in [0.05, 0.1) is 0 Å². The van der Waals surface area contributed by atoms with Crippen molar-refractivity contribution in [1.82, 2.24) is 4.98 Å². The number of pyridine rings is 1. The van der Waals surface area contributed by atoms with E-state index in [4.69, 9.17) is 4.74 Å². The molecule has 1 unspecified atom stereocenters. The zero-order valence-corrected chi connectivity index (χ0v) is 12.1. The van der Waals surface area contributed by atoms with Gasteiger partial charge in [0.15, 0.2) is 0 Å². The lowest BCUT2D eigenvalue weighted by Gasteiger charge is -2.10. The Hall–Kier alpha value is -1.35. The second-order valence-electron chi connectivity index (χ2n) is 4.30. The predicted octanol–water partition coefficient (Wildman–Crippen LogP) is 5.15. The predicted molar refractivity (Wildman–Crippen MR) is 77.2 cm³/mol. The number of nitrogens with zero attached hydrogens (tertiary/aromatic N) is 1. The van der Waals surface area contributed by atoms with E-state index in [1.165, 1.54) is 5.56 Å². The molecular formula is C15H16BrNO. The average molecular weight is 306 g/mol. The smallest absolute Gasteiger partial charge is 0.219 e. The highest BCUT2D eigenvalue weighted by Gasteiger charge is 2.03. The van der Waals surface area contributed by atoms with Gasteiger partial charge in [0, 0.05) is 16.7 Å². The highest BCUT2D eigenvalue weighted by molar-refractivity contribution is 9.10. The van der Waals surface area contributed by atoms with Crippen LogP contribution in [0.4, 0.5) is 0 Å². The van der Waals surface area contributed by atoms with Gasteiger partial charge < -0.3 is 4.74 Å². The Morgan fingerprint density at radius 2 is 1.89 bits per heavy atom. The second-order valence-corrected chi connectivity index (χ2v) is 5.21. The quantitative estimate of drug-likeness (QED) is 0.779. The van der Waals surface area contributed by atoms with Gasteiger partial charge in [-0.3, -0.25) is 0 Å². The minimum absolute atomic E-state index is 0.588. The van der Waals surface area contributed by atoms with Crippen molar-refractivity contribution < 1.29 is 4.74 Å². The third-order valence-electron chi connectivity index (χ3n) is 2.98. The van der Waals surface area contributed by atoms with Crippen LogP contribution in [0.2, 0.25) is 0 Å². The van der Waals surface area contributed by atoms with E-state index in [9.17, 15) is 0 Å². The molecule has 0 saturated heterocycles. The molecule has 18 heavy (non-hydrogen) atoms. The van der Waals surface area contributed by atoms with Gasteiger partial charge in [0.25, 0.3) is 0 Å². The summed E-state index contributed by atoms with van der Waals surface area (Å²) in [6.45, 7) is 4.42. The lowest BCUT2D eigenvalue weighted by molar-refractivity contribution is 0.462. The third-order valence-corrected chi connectivity index (χ3v) is 3.45. The fourth-order valence-electron chi connectivity index (χ4n) is 1.64. The molecule has 0 spiro atoms. The van der Waals surface area contributed by atoms with Crippen LogP contribution in [0, 0.1) is 0 Å². The van der Waals surface area contributed by atoms with Gasteiger partial charge in [-0.2, -0.15) is 0 Å². The molecule has 2 nitrogen and oxygen atoms in total. The van der Waals surface area contributed by atoms with E-state index in [2.05, 4.69) is 46.9 Å². The first-order valence-corrected chi connectivity index (χ1v) is 6.87. The summed E-state index contributed by atoms with van der Waals surface area (Å²) >= 11 is 3.35. The van der Waals surface area contributed by atoms with Crippen molar-refractivity contribution in [2.45, 2.75) is 26.2 Å². The number of halogens is 1. The number of hydrogen-bond acceptors (Lipinski definition) is 2. The van der Waals surface area contributed by atoms with Crippen LogP contribution >= 0.6 is 15.9 Å².